The van der Waals surface area contributed by atoms with E-state index in [0.717, 1.165) is 22.5 Å². The third-order valence-corrected chi connectivity index (χ3v) is 6.01. The van der Waals surface area contributed by atoms with Gasteiger partial charge in [-0.05, 0) is 57.0 Å². The van der Waals surface area contributed by atoms with Crippen molar-refractivity contribution in [1.29, 1.82) is 0 Å². The van der Waals surface area contributed by atoms with Crippen LogP contribution in [0.1, 0.15) is 43.1 Å². The van der Waals surface area contributed by atoms with Gasteiger partial charge < -0.3 is 10.6 Å². The Bertz CT molecular complexity index is 1020. The molecule has 2 N–H and O–H groups in total. The number of amides is 2. The molecule has 2 aromatic rings. The van der Waals surface area contributed by atoms with E-state index in [-0.39, 0.29) is 11.9 Å². The molecule has 8 heteroatoms. The Morgan fingerprint density at radius 3 is 2.33 bits per heavy atom. The van der Waals surface area contributed by atoms with Gasteiger partial charge >= 0.3 is 0 Å². The lowest BCUT2D eigenvalue weighted by atomic mass is 10.1. The van der Waals surface area contributed by atoms with E-state index in [0.29, 0.717) is 16.9 Å². The zero-order chi connectivity index (χ0) is 22.5. The molecule has 0 aliphatic carbocycles. The Balaban J connectivity index is 2.31. The van der Waals surface area contributed by atoms with Gasteiger partial charge in [-0.1, -0.05) is 31.2 Å². The maximum atomic E-state index is 13.0. The van der Waals surface area contributed by atoms with Crippen LogP contribution in [0.3, 0.4) is 0 Å². The molecule has 0 spiro atoms. The van der Waals surface area contributed by atoms with Gasteiger partial charge in [0.25, 0.3) is 5.91 Å². The number of rotatable bonds is 8. The molecule has 0 saturated carbocycles. The lowest BCUT2D eigenvalue weighted by molar-refractivity contribution is -0.116. The van der Waals surface area contributed by atoms with Crippen LogP contribution in [-0.2, 0) is 14.8 Å². The fourth-order valence-electron chi connectivity index (χ4n) is 3.00. The predicted molar refractivity (Wildman–Crippen MR) is 120 cm³/mol. The summed E-state index contributed by atoms with van der Waals surface area (Å²) in [5.74, 6) is -0.836. The molecule has 0 fully saturated rings. The van der Waals surface area contributed by atoms with Crippen molar-refractivity contribution in [3.8, 4) is 0 Å². The summed E-state index contributed by atoms with van der Waals surface area (Å²) in [5, 5.41) is 5.58. The van der Waals surface area contributed by atoms with E-state index < -0.39 is 22.0 Å². The van der Waals surface area contributed by atoms with Crippen molar-refractivity contribution in [2.75, 3.05) is 15.9 Å². The van der Waals surface area contributed by atoms with Crippen LogP contribution < -0.4 is 14.9 Å². The molecule has 2 amide bonds. The van der Waals surface area contributed by atoms with E-state index in [1.807, 2.05) is 26.8 Å². The molecule has 0 aliphatic rings. The highest BCUT2D eigenvalue weighted by Gasteiger charge is 2.30. The summed E-state index contributed by atoms with van der Waals surface area (Å²) in [4.78, 5) is 25.5. The molecule has 2 rings (SSSR count). The van der Waals surface area contributed by atoms with Gasteiger partial charge in [-0.25, -0.2) is 8.42 Å². The Morgan fingerprint density at radius 1 is 1.07 bits per heavy atom. The average molecular weight is 432 g/mol. The molecule has 7 nitrogen and oxygen atoms in total. The third-order valence-electron chi connectivity index (χ3n) is 4.76. The molecule has 0 radical (unpaired) electrons. The van der Waals surface area contributed by atoms with Crippen molar-refractivity contribution in [1.82, 2.24) is 5.32 Å². The summed E-state index contributed by atoms with van der Waals surface area (Å²) < 4.78 is 26.0. The molecule has 0 aliphatic heterocycles. The maximum Gasteiger partial charge on any atom is 0.253 e. The zero-order valence-electron chi connectivity index (χ0n) is 18.0. The second-order valence-electron chi connectivity index (χ2n) is 7.39. The minimum absolute atomic E-state index is 0.0118. The fraction of sp³-hybridized carbons (Fsp3) is 0.364. The lowest BCUT2D eigenvalue weighted by Gasteiger charge is -2.28. The topological polar surface area (TPSA) is 95.6 Å². The largest absolute Gasteiger partial charge is 0.350 e. The first-order valence-corrected chi connectivity index (χ1v) is 11.7. The SMILES string of the molecule is CCC(C)NC(=O)c1ccccc1NC(=O)C(C)N(c1cccc(C)c1)S(C)(=O)=O. The van der Waals surface area contributed by atoms with Crippen molar-refractivity contribution in [2.24, 2.45) is 0 Å². The second kappa shape index (κ2) is 9.75. The highest BCUT2D eigenvalue weighted by Crippen LogP contribution is 2.23. The zero-order valence-corrected chi connectivity index (χ0v) is 18.8. The molecule has 2 unspecified atom stereocenters. The first-order chi connectivity index (χ1) is 14.0. The van der Waals surface area contributed by atoms with Gasteiger partial charge in [0.2, 0.25) is 15.9 Å². The van der Waals surface area contributed by atoms with Crippen molar-refractivity contribution in [3.05, 3.63) is 59.7 Å². The quantitative estimate of drug-likeness (QED) is 0.670. The van der Waals surface area contributed by atoms with E-state index in [4.69, 9.17) is 0 Å². The molecule has 0 heterocycles. The summed E-state index contributed by atoms with van der Waals surface area (Å²) in [6, 6.07) is 12.6. The van der Waals surface area contributed by atoms with Gasteiger partial charge in [-0.2, -0.15) is 0 Å². The van der Waals surface area contributed by atoms with Crippen LogP contribution in [0, 0.1) is 6.92 Å². The normalized spacial score (nSPS) is 13.2. The van der Waals surface area contributed by atoms with Gasteiger partial charge in [0, 0.05) is 6.04 Å². The van der Waals surface area contributed by atoms with E-state index >= 15 is 0 Å². The van der Waals surface area contributed by atoms with E-state index in [9.17, 15) is 18.0 Å². The van der Waals surface area contributed by atoms with E-state index in [2.05, 4.69) is 10.6 Å². The number of hydrogen-bond acceptors (Lipinski definition) is 4. The van der Waals surface area contributed by atoms with Gasteiger partial charge in [0.1, 0.15) is 6.04 Å². The number of nitrogens with zero attached hydrogens (tertiary/aromatic N) is 1. The number of carbonyl (C=O) groups excluding carboxylic acids is 2. The van der Waals surface area contributed by atoms with Crippen molar-refractivity contribution >= 4 is 33.2 Å². The molecular weight excluding hydrogens is 402 g/mol. The number of carbonyl (C=O) groups is 2. The molecule has 162 valence electrons. The predicted octanol–water partition coefficient (Wildman–Crippen LogP) is 3.32. The fourth-order valence-corrected chi connectivity index (χ4v) is 4.17. The highest BCUT2D eigenvalue weighted by molar-refractivity contribution is 7.92. The first-order valence-electron chi connectivity index (χ1n) is 9.81. The number of anilines is 2. The molecule has 0 saturated heterocycles. The smallest absolute Gasteiger partial charge is 0.253 e. The third kappa shape index (κ3) is 5.82. The first kappa shape index (κ1) is 23.4. The Labute approximate surface area is 178 Å². The minimum Gasteiger partial charge on any atom is -0.350 e. The number of hydrogen-bond donors (Lipinski definition) is 2. The lowest BCUT2D eigenvalue weighted by Crippen LogP contribution is -2.45. The summed E-state index contributed by atoms with van der Waals surface area (Å²) in [7, 11) is -3.72. The minimum atomic E-state index is -3.72. The summed E-state index contributed by atoms with van der Waals surface area (Å²) in [5.41, 5.74) is 1.93. The number of aryl methyl sites for hydroxylation is 1. The van der Waals surface area contributed by atoms with Gasteiger partial charge in [0.05, 0.1) is 23.2 Å². The average Bonchev–Trinajstić information content (AvgIpc) is 2.67. The van der Waals surface area contributed by atoms with Gasteiger partial charge in [0.15, 0.2) is 0 Å². The van der Waals surface area contributed by atoms with Crippen LogP contribution >= 0.6 is 0 Å². The van der Waals surface area contributed by atoms with Gasteiger partial charge in [-0.15, -0.1) is 0 Å². The Morgan fingerprint density at radius 2 is 1.73 bits per heavy atom. The van der Waals surface area contributed by atoms with E-state index in [1.165, 1.54) is 6.92 Å². The van der Waals surface area contributed by atoms with Crippen LogP contribution in [0.4, 0.5) is 11.4 Å². The summed E-state index contributed by atoms with van der Waals surface area (Å²) in [6.07, 6.45) is 1.84. The van der Waals surface area contributed by atoms with Crippen LogP contribution in [-0.4, -0.2) is 38.6 Å². The summed E-state index contributed by atoms with van der Waals surface area (Å²) >= 11 is 0. The number of nitrogens with one attached hydrogen (secondary N) is 2. The molecular formula is C22H29N3O4S. The van der Waals surface area contributed by atoms with Crippen LogP contribution in [0.15, 0.2) is 48.5 Å². The van der Waals surface area contributed by atoms with Gasteiger partial charge in [-0.3, -0.25) is 13.9 Å². The second-order valence-corrected chi connectivity index (χ2v) is 9.25. The summed E-state index contributed by atoms with van der Waals surface area (Å²) in [6.45, 7) is 7.22. The number of para-hydroxylation sites is 1. The Kier molecular flexibility index (Phi) is 7.61. The molecule has 0 bridgehead atoms. The van der Waals surface area contributed by atoms with Crippen molar-refractivity contribution < 1.29 is 18.0 Å². The van der Waals surface area contributed by atoms with E-state index in [1.54, 1.807) is 42.5 Å². The molecule has 2 aromatic carbocycles. The molecule has 30 heavy (non-hydrogen) atoms. The molecule has 0 aromatic heterocycles. The monoisotopic (exact) mass is 431 g/mol. The van der Waals surface area contributed by atoms with Crippen LogP contribution in [0.25, 0.3) is 0 Å². The molecule has 2 atom stereocenters. The van der Waals surface area contributed by atoms with Crippen molar-refractivity contribution in [3.63, 3.8) is 0 Å². The number of benzene rings is 2. The van der Waals surface area contributed by atoms with Crippen LogP contribution in [0.5, 0.6) is 0 Å². The standard InChI is InChI=1S/C22H29N3O4S/c1-6-16(3)23-22(27)19-12-7-8-13-20(19)24-21(26)17(4)25(30(5,28)29)18-11-9-10-15(2)14-18/h7-14,16-17H,6H2,1-5H3,(H,23,27)(H,24,26). The Hall–Kier alpha value is -2.87. The number of sulfonamides is 1. The van der Waals surface area contributed by atoms with Crippen LogP contribution in [0.2, 0.25) is 0 Å². The maximum absolute atomic E-state index is 13.0. The van der Waals surface area contributed by atoms with Crippen molar-refractivity contribution in [2.45, 2.75) is 46.2 Å². The highest BCUT2D eigenvalue weighted by atomic mass is 32.2.